The summed E-state index contributed by atoms with van der Waals surface area (Å²) in [6.45, 7) is 0. The molecule has 0 saturated heterocycles. The van der Waals surface area contributed by atoms with Gasteiger partial charge in [0.05, 0.1) is 0 Å². The summed E-state index contributed by atoms with van der Waals surface area (Å²) in [6, 6.07) is 7.21. The molecule has 0 spiro atoms. The molecule has 5 heteroatoms. The van der Waals surface area contributed by atoms with Crippen LogP contribution >= 0.6 is 38.9 Å². The Labute approximate surface area is 98.6 Å². The van der Waals surface area contributed by atoms with Crippen molar-refractivity contribution in [1.29, 1.82) is 0 Å². The molecule has 1 heterocycles. The van der Waals surface area contributed by atoms with E-state index in [-0.39, 0.29) is 0 Å². The Morgan fingerprint density at radius 2 is 2.29 bits per heavy atom. The second-order valence-corrected chi connectivity index (χ2v) is 4.57. The summed E-state index contributed by atoms with van der Waals surface area (Å²) in [4.78, 5) is 4.11. The van der Waals surface area contributed by atoms with Crippen LogP contribution in [0.25, 0.3) is 0 Å². The van der Waals surface area contributed by atoms with Crippen LogP contribution in [-0.2, 0) is 0 Å². The van der Waals surface area contributed by atoms with Gasteiger partial charge in [0.15, 0.2) is 0 Å². The van der Waals surface area contributed by atoms with E-state index in [0.717, 1.165) is 4.60 Å². The number of thiazole rings is 1. The van der Waals surface area contributed by atoms with Crippen LogP contribution in [0, 0.1) is 0 Å². The lowest BCUT2D eigenvalue weighted by Crippen LogP contribution is -1.81. The second kappa shape index (κ2) is 4.29. The lowest BCUT2D eigenvalue weighted by atomic mass is 10.3. The maximum atomic E-state index is 5.81. The van der Waals surface area contributed by atoms with E-state index < -0.39 is 0 Å². The number of halogens is 2. The van der Waals surface area contributed by atoms with Gasteiger partial charge in [0.2, 0.25) is 0 Å². The molecule has 0 saturated carbocycles. The minimum atomic E-state index is 0.596. The molecule has 1 aromatic heterocycles. The SMILES string of the molecule is Clc1cccc(Oc2nc(Br)cs2)c1. The van der Waals surface area contributed by atoms with E-state index >= 15 is 0 Å². The van der Waals surface area contributed by atoms with Gasteiger partial charge in [-0.3, -0.25) is 0 Å². The van der Waals surface area contributed by atoms with Gasteiger partial charge in [-0.05, 0) is 34.1 Å². The predicted octanol–water partition coefficient (Wildman–Crippen LogP) is 4.35. The van der Waals surface area contributed by atoms with Crippen LogP contribution < -0.4 is 4.74 Å². The Morgan fingerprint density at radius 3 is 2.93 bits per heavy atom. The Hall–Kier alpha value is -0.580. The Balaban J connectivity index is 2.18. The molecule has 0 radical (unpaired) electrons. The third-order valence-corrected chi connectivity index (χ3v) is 3.12. The number of ether oxygens (including phenoxy) is 1. The zero-order valence-electron chi connectivity index (χ0n) is 6.91. The lowest BCUT2D eigenvalue weighted by molar-refractivity contribution is 0.478. The second-order valence-electron chi connectivity index (χ2n) is 2.50. The fourth-order valence-corrected chi connectivity index (χ4v) is 2.20. The van der Waals surface area contributed by atoms with Crippen LogP contribution in [0.3, 0.4) is 0 Å². The smallest absolute Gasteiger partial charge is 0.279 e. The molecule has 2 aromatic rings. The van der Waals surface area contributed by atoms with Crippen LogP contribution in [0.4, 0.5) is 0 Å². The number of rotatable bonds is 2. The van der Waals surface area contributed by atoms with E-state index in [9.17, 15) is 0 Å². The first-order valence-electron chi connectivity index (χ1n) is 3.78. The van der Waals surface area contributed by atoms with Crippen molar-refractivity contribution in [2.24, 2.45) is 0 Å². The van der Waals surface area contributed by atoms with Gasteiger partial charge < -0.3 is 4.74 Å². The van der Waals surface area contributed by atoms with Gasteiger partial charge in [-0.1, -0.05) is 29.0 Å². The van der Waals surface area contributed by atoms with Crippen molar-refractivity contribution in [3.8, 4) is 10.9 Å². The van der Waals surface area contributed by atoms with E-state index in [2.05, 4.69) is 20.9 Å². The number of hydrogen-bond acceptors (Lipinski definition) is 3. The normalized spacial score (nSPS) is 10.1. The lowest BCUT2D eigenvalue weighted by Gasteiger charge is -2.00. The van der Waals surface area contributed by atoms with E-state index in [1.807, 2.05) is 17.5 Å². The molecule has 0 aliphatic heterocycles. The molecule has 1 aromatic carbocycles. The van der Waals surface area contributed by atoms with E-state index in [0.29, 0.717) is 16.0 Å². The quantitative estimate of drug-likeness (QED) is 0.820. The third-order valence-electron chi connectivity index (χ3n) is 1.46. The van der Waals surface area contributed by atoms with Crippen molar-refractivity contribution in [2.75, 3.05) is 0 Å². The summed E-state index contributed by atoms with van der Waals surface area (Å²) >= 11 is 10.5. The number of hydrogen-bond donors (Lipinski definition) is 0. The highest BCUT2D eigenvalue weighted by molar-refractivity contribution is 9.10. The molecular weight excluding hydrogens is 286 g/mol. The topological polar surface area (TPSA) is 22.1 Å². The van der Waals surface area contributed by atoms with Crippen LogP contribution in [-0.4, -0.2) is 4.98 Å². The highest BCUT2D eigenvalue weighted by atomic mass is 79.9. The minimum absolute atomic E-state index is 0.596. The molecule has 0 amide bonds. The van der Waals surface area contributed by atoms with Crippen LogP contribution in [0.5, 0.6) is 10.9 Å². The molecule has 72 valence electrons. The van der Waals surface area contributed by atoms with Crippen LogP contribution in [0.1, 0.15) is 0 Å². The van der Waals surface area contributed by atoms with Gasteiger partial charge in [-0.15, -0.1) is 0 Å². The monoisotopic (exact) mass is 289 g/mol. The summed E-state index contributed by atoms with van der Waals surface area (Å²) in [6.07, 6.45) is 0. The molecule has 2 rings (SSSR count). The zero-order valence-corrected chi connectivity index (χ0v) is 10.1. The van der Waals surface area contributed by atoms with Crippen LogP contribution in [0.15, 0.2) is 34.2 Å². The van der Waals surface area contributed by atoms with Crippen molar-refractivity contribution in [3.05, 3.63) is 39.3 Å². The largest absolute Gasteiger partial charge is 0.431 e. The summed E-state index contributed by atoms with van der Waals surface area (Å²) in [5.74, 6) is 0.694. The fourth-order valence-electron chi connectivity index (χ4n) is 0.917. The van der Waals surface area contributed by atoms with Crippen molar-refractivity contribution in [1.82, 2.24) is 4.98 Å². The molecule has 2 nitrogen and oxygen atoms in total. The molecule has 0 atom stereocenters. The van der Waals surface area contributed by atoms with Gasteiger partial charge in [-0.25, -0.2) is 0 Å². The first-order chi connectivity index (χ1) is 6.74. The Kier molecular flexibility index (Phi) is 3.05. The fraction of sp³-hybridized carbons (Fsp3) is 0. The molecule has 0 aliphatic carbocycles. The number of nitrogens with zero attached hydrogens (tertiary/aromatic N) is 1. The summed E-state index contributed by atoms with van der Waals surface area (Å²) in [5.41, 5.74) is 0. The molecule has 0 aliphatic rings. The first-order valence-corrected chi connectivity index (χ1v) is 5.83. The summed E-state index contributed by atoms with van der Waals surface area (Å²) in [5, 5.41) is 3.11. The third kappa shape index (κ3) is 2.47. The van der Waals surface area contributed by atoms with Gasteiger partial charge in [0.25, 0.3) is 5.19 Å². The number of benzene rings is 1. The molecule has 14 heavy (non-hydrogen) atoms. The zero-order chi connectivity index (χ0) is 9.97. The minimum Gasteiger partial charge on any atom is -0.431 e. The van der Waals surface area contributed by atoms with Crippen molar-refractivity contribution >= 4 is 38.9 Å². The van der Waals surface area contributed by atoms with Crippen LogP contribution in [0.2, 0.25) is 5.02 Å². The summed E-state index contributed by atoms with van der Waals surface area (Å²) in [7, 11) is 0. The van der Waals surface area contributed by atoms with E-state index in [4.69, 9.17) is 16.3 Å². The van der Waals surface area contributed by atoms with Crippen molar-refractivity contribution in [2.45, 2.75) is 0 Å². The number of aromatic nitrogens is 1. The average molecular weight is 291 g/mol. The first kappa shape index (κ1) is 9.96. The van der Waals surface area contributed by atoms with Gasteiger partial charge in [0.1, 0.15) is 10.4 Å². The van der Waals surface area contributed by atoms with Gasteiger partial charge in [0, 0.05) is 10.4 Å². The van der Waals surface area contributed by atoms with E-state index in [1.54, 1.807) is 12.1 Å². The molecule has 0 bridgehead atoms. The van der Waals surface area contributed by atoms with Crippen molar-refractivity contribution in [3.63, 3.8) is 0 Å². The highest BCUT2D eigenvalue weighted by Gasteiger charge is 2.02. The highest BCUT2D eigenvalue weighted by Crippen LogP contribution is 2.28. The van der Waals surface area contributed by atoms with Gasteiger partial charge >= 0.3 is 0 Å². The average Bonchev–Trinajstić information content (AvgIpc) is 2.51. The maximum Gasteiger partial charge on any atom is 0.279 e. The van der Waals surface area contributed by atoms with Gasteiger partial charge in [-0.2, -0.15) is 4.98 Å². The Bertz CT molecular complexity index is 446. The molecule has 0 N–H and O–H groups in total. The maximum absolute atomic E-state index is 5.81. The van der Waals surface area contributed by atoms with E-state index in [1.165, 1.54) is 11.3 Å². The van der Waals surface area contributed by atoms with Crippen molar-refractivity contribution < 1.29 is 4.74 Å². The Morgan fingerprint density at radius 1 is 1.43 bits per heavy atom. The predicted molar refractivity (Wildman–Crippen MR) is 61.3 cm³/mol. The molecule has 0 fully saturated rings. The molecular formula is C9H5BrClNOS. The molecule has 0 unspecified atom stereocenters. The standard InChI is InChI=1S/C9H5BrClNOS/c10-8-5-14-9(12-8)13-7-3-1-2-6(11)4-7/h1-5H. The summed E-state index contributed by atoms with van der Waals surface area (Å²) < 4.78 is 6.25.